The Bertz CT molecular complexity index is 1320. The van der Waals surface area contributed by atoms with Crippen LogP contribution in [0.3, 0.4) is 0 Å². The van der Waals surface area contributed by atoms with E-state index in [2.05, 4.69) is 35.2 Å². The minimum atomic E-state index is 0.667. The molecule has 31 heavy (non-hydrogen) atoms. The van der Waals surface area contributed by atoms with Crippen LogP contribution in [-0.2, 0) is 6.42 Å². The predicted molar refractivity (Wildman–Crippen MR) is 121 cm³/mol. The zero-order valence-electron chi connectivity index (χ0n) is 17.7. The first-order valence-electron chi connectivity index (χ1n) is 10.3. The predicted octanol–water partition coefficient (Wildman–Crippen LogP) is 4.67. The lowest BCUT2D eigenvalue weighted by molar-refractivity contribution is 0.261. The molecule has 0 saturated carbocycles. The van der Waals surface area contributed by atoms with E-state index in [1.54, 1.807) is 6.26 Å². The first-order chi connectivity index (χ1) is 15.2. The van der Waals surface area contributed by atoms with E-state index in [0.29, 0.717) is 13.0 Å². The molecule has 0 aliphatic rings. The summed E-state index contributed by atoms with van der Waals surface area (Å²) in [6, 6.07) is 22.4. The smallest absolute Gasteiger partial charge is 0.156 e. The maximum atomic E-state index is 5.78. The molecule has 0 fully saturated rings. The van der Waals surface area contributed by atoms with Crippen molar-refractivity contribution in [2.24, 2.45) is 0 Å². The second kappa shape index (κ2) is 8.24. The van der Waals surface area contributed by atoms with Gasteiger partial charge in [-0.15, -0.1) is 0 Å². The maximum absolute atomic E-state index is 5.78. The molecule has 0 amide bonds. The second-order valence-electron chi connectivity index (χ2n) is 7.85. The van der Waals surface area contributed by atoms with Gasteiger partial charge in [0.25, 0.3) is 0 Å². The maximum Gasteiger partial charge on any atom is 0.156 e. The lowest BCUT2D eigenvalue weighted by Gasteiger charge is -2.11. The average molecular weight is 412 g/mol. The normalized spacial score (nSPS) is 11.6. The topological polar surface area (TPSA) is 55.8 Å². The Kier molecular flexibility index (Phi) is 5.14. The molecule has 3 aromatic heterocycles. The Balaban J connectivity index is 1.37. The minimum Gasteiger partial charge on any atom is -0.492 e. The van der Waals surface area contributed by atoms with Gasteiger partial charge in [0, 0.05) is 23.9 Å². The fraction of sp³-hybridized carbons (Fsp3) is 0.200. The zero-order chi connectivity index (χ0) is 21.2. The first kappa shape index (κ1) is 19.3. The lowest BCUT2D eigenvalue weighted by atomic mass is 10.1. The van der Waals surface area contributed by atoms with E-state index in [4.69, 9.17) is 19.2 Å². The van der Waals surface area contributed by atoms with Gasteiger partial charge < -0.3 is 14.1 Å². The number of likely N-dealkylation sites (N-methyl/N-ethyl adjacent to an activating group) is 1. The fourth-order valence-electron chi connectivity index (χ4n) is 3.60. The van der Waals surface area contributed by atoms with Gasteiger partial charge >= 0.3 is 0 Å². The van der Waals surface area contributed by atoms with E-state index < -0.39 is 0 Å². The molecule has 156 valence electrons. The molecule has 5 rings (SSSR count). The standard InChI is InChI=1S/C25H24N4O2/c1-28(2)13-15-30-21-9-6-18(7-10-21)16-24-26-25-5-3-4-22(29(25)27-24)19-8-11-23-20(17-19)12-14-31-23/h3-12,14,17H,13,15-16H2,1-2H3. The van der Waals surface area contributed by atoms with Gasteiger partial charge in [-0.25, -0.2) is 9.50 Å². The molecule has 3 heterocycles. The molecule has 5 aromatic rings. The van der Waals surface area contributed by atoms with Gasteiger partial charge in [-0.2, -0.15) is 5.10 Å². The third kappa shape index (κ3) is 4.15. The molecule has 0 aliphatic carbocycles. The summed E-state index contributed by atoms with van der Waals surface area (Å²) >= 11 is 0. The number of hydrogen-bond acceptors (Lipinski definition) is 5. The molecular weight excluding hydrogens is 388 g/mol. The Labute approximate surface area is 180 Å². The number of hydrogen-bond donors (Lipinski definition) is 0. The van der Waals surface area contributed by atoms with Crippen LogP contribution in [0, 0.1) is 0 Å². The number of rotatable bonds is 7. The van der Waals surface area contributed by atoms with Crippen molar-refractivity contribution in [3.63, 3.8) is 0 Å². The molecule has 6 heteroatoms. The molecular formula is C25H24N4O2. The third-order valence-corrected chi connectivity index (χ3v) is 5.24. The molecule has 6 nitrogen and oxygen atoms in total. The SMILES string of the molecule is CN(C)CCOc1ccc(Cc2nc3cccc(-c4ccc5occc5c4)n3n2)cc1. The van der Waals surface area contributed by atoms with Crippen LogP contribution in [-0.4, -0.2) is 46.7 Å². The number of nitrogens with zero attached hydrogens (tertiary/aromatic N) is 4. The van der Waals surface area contributed by atoms with Crippen LogP contribution in [0.2, 0.25) is 0 Å². The molecule has 0 radical (unpaired) electrons. The lowest BCUT2D eigenvalue weighted by Crippen LogP contribution is -2.19. The monoisotopic (exact) mass is 412 g/mol. The summed E-state index contributed by atoms with van der Waals surface area (Å²) in [7, 11) is 4.07. The summed E-state index contributed by atoms with van der Waals surface area (Å²) in [5.41, 5.74) is 4.95. The summed E-state index contributed by atoms with van der Waals surface area (Å²) in [5.74, 6) is 1.67. The van der Waals surface area contributed by atoms with Crippen LogP contribution in [0.1, 0.15) is 11.4 Å². The van der Waals surface area contributed by atoms with Crippen LogP contribution < -0.4 is 4.74 Å². The van der Waals surface area contributed by atoms with Gasteiger partial charge in [0.15, 0.2) is 11.5 Å². The van der Waals surface area contributed by atoms with Crippen molar-refractivity contribution in [3.05, 3.63) is 84.4 Å². The molecule has 2 aromatic carbocycles. The quantitative estimate of drug-likeness (QED) is 0.389. The van der Waals surface area contributed by atoms with Crippen LogP contribution in [0.15, 0.2) is 77.4 Å². The van der Waals surface area contributed by atoms with E-state index in [-0.39, 0.29) is 0 Å². The average Bonchev–Trinajstić information content (AvgIpc) is 3.40. The molecule has 0 saturated heterocycles. The molecule has 0 spiro atoms. The van der Waals surface area contributed by atoms with E-state index in [1.807, 2.05) is 55.0 Å². The highest BCUT2D eigenvalue weighted by atomic mass is 16.5. The van der Waals surface area contributed by atoms with Gasteiger partial charge in [0.05, 0.1) is 12.0 Å². The highest BCUT2D eigenvalue weighted by Crippen LogP contribution is 2.25. The van der Waals surface area contributed by atoms with Crippen molar-refractivity contribution in [1.29, 1.82) is 0 Å². The van der Waals surface area contributed by atoms with Crippen molar-refractivity contribution in [2.75, 3.05) is 27.2 Å². The fourth-order valence-corrected chi connectivity index (χ4v) is 3.60. The number of benzene rings is 2. The molecule has 0 atom stereocenters. The summed E-state index contributed by atoms with van der Waals surface area (Å²) in [5, 5.41) is 5.86. The van der Waals surface area contributed by atoms with Gasteiger partial charge in [0.1, 0.15) is 17.9 Å². The van der Waals surface area contributed by atoms with Gasteiger partial charge in [-0.05, 0) is 68.2 Å². The van der Waals surface area contributed by atoms with Crippen molar-refractivity contribution < 1.29 is 9.15 Å². The van der Waals surface area contributed by atoms with Gasteiger partial charge in [0.2, 0.25) is 0 Å². The number of pyridine rings is 1. The third-order valence-electron chi connectivity index (χ3n) is 5.24. The highest BCUT2D eigenvalue weighted by Gasteiger charge is 2.11. The minimum absolute atomic E-state index is 0.667. The molecule has 0 bridgehead atoms. The van der Waals surface area contributed by atoms with Crippen molar-refractivity contribution in [1.82, 2.24) is 19.5 Å². The number of furan rings is 1. The Hall–Kier alpha value is -3.64. The summed E-state index contributed by atoms with van der Waals surface area (Å²) in [4.78, 5) is 6.84. The summed E-state index contributed by atoms with van der Waals surface area (Å²) < 4.78 is 13.1. The van der Waals surface area contributed by atoms with Crippen LogP contribution in [0.5, 0.6) is 5.75 Å². The zero-order valence-corrected chi connectivity index (χ0v) is 17.7. The summed E-state index contributed by atoms with van der Waals surface area (Å²) in [6.45, 7) is 1.57. The van der Waals surface area contributed by atoms with E-state index >= 15 is 0 Å². The van der Waals surface area contributed by atoms with Crippen molar-refractivity contribution in [2.45, 2.75) is 6.42 Å². The molecule has 0 N–H and O–H groups in total. The van der Waals surface area contributed by atoms with Gasteiger partial charge in [-0.1, -0.05) is 18.2 Å². The number of fused-ring (bicyclic) bond motifs is 2. The first-order valence-corrected chi connectivity index (χ1v) is 10.3. The Morgan fingerprint density at radius 3 is 2.71 bits per heavy atom. The second-order valence-corrected chi connectivity index (χ2v) is 7.85. The summed E-state index contributed by atoms with van der Waals surface area (Å²) in [6.07, 6.45) is 2.38. The van der Waals surface area contributed by atoms with Crippen LogP contribution >= 0.6 is 0 Å². The van der Waals surface area contributed by atoms with E-state index in [0.717, 1.165) is 51.6 Å². The highest BCUT2D eigenvalue weighted by molar-refractivity contribution is 5.83. The number of ether oxygens (including phenoxy) is 1. The van der Waals surface area contributed by atoms with E-state index in [9.17, 15) is 0 Å². The van der Waals surface area contributed by atoms with Gasteiger partial charge in [-0.3, -0.25) is 0 Å². The Morgan fingerprint density at radius 1 is 1.00 bits per heavy atom. The molecule has 0 aliphatic heterocycles. The van der Waals surface area contributed by atoms with Crippen molar-refractivity contribution >= 4 is 16.6 Å². The van der Waals surface area contributed by atoms with E-state index in [1.165, 1.54) is 0 Å². The largest absolute Gasteiger partial charge is 0.492 e. The Morgan fingerprint density at radius 2 is 1.87 bits per heavy atom. The number of aromatic nitrogens is 3. The van der Waals surface area contributed by atoms with Crippen LogP contribution in [0.25, 0.3) is 27.9 Å². The van der Waals surface area contributed by atoms with Crippen molar-refractivity contribution in [3.8, 4) is 17.0 Å². The van der Waals surface area contributed by atoms with Crippen LogP contribution in [0.4, 0.5) is 0 Å². The molecule has 0 unspecified atom stereocenters.